The molecule has 1 heteroatoms. The maximum absolute atomic E-state index is 11.9. The van der Waals surface area contributed by atoms with Crippen molar-refractivity contribution in [3.63, 3.8) is 0 Å². The number of carbonyl (C=O) groups is 1. The van der Waals surface area contributed by atoms with Crippen LogP contribution in [0.4, 0.5) is 0 Å². The number of hydrogen-bond acceptors (Lipinski definition) is 1. The van der Waals surface area contributed by atoms with Gasteiger partial charge in [-0.1, -0.05) is 84.0 Å². The highest BCUT2D eigenvalue weighted by molar-refractivity contribution is 5.81. The lowest BCUT2D eigenvalue weighted by Crippen LogP contribution is -2.25. The molecule has 1 saturated carbocycles. The summed E-state index contributed by atoms with van der Waals surface area (Å²) in [5.74, 6) is 0.414. The summed E-state index contributed by atoms with van der Waals surface area (Å²) in [7, 11) is 0. The van der Waals surface area contributed by atoms with Gasteiger partial charge in [-0.15, -0.1) is 0 Å². The van der Waals surface area contributed by atoms with Crippen molar-refractivity contribution in [1.29, 1.82) is 0 Å². The maximum atomic E-state index is 11.9. The van der Waals surface area contributed by atoms with Crippen LogP contribution in [0.25, 0.3) is 0 Å². The van der Waals surface area contributed by atoms with Gasteiger partial charge in [0.05, 0.1) is 0 Å². The first-order valence-electron chi connectivity index (χ1n) is 8.66. The van der Waals surface area contributed by atoms with E-state index in [1.54, 1.807) is 6.92 Å². The molecule has 0 unspecified atom stereocenters. The molecule has 0 aromatic heterocycles. The van der Waals surface area contributed by atoms with E-state index in [4.69, 9.17) is 0 Å². The van der Waals surface area contributed by atoms with Crippen LogP contribution in [-0.4, -0.2) is 5.78 Å². The Morgan fingerprint density at radius 1 is 0.632 bits per heavy atom. The molecule has 0 amide bonds. The molecule has 0 aromatic carbocycles. The second kappa shape index (κ2) is 9.55. The van der Waals surface area contributed by atoms with Gasteiger partial charge in [0.25, 0.3) is 0 Å². The van der Waals surface area contributed by atoms with Gasteiger partial charge in [0.2, 0.25) is 0 Å². The Morgan fingerprint density at radius 3 is 1.16 bits per heavy atom. The number of hydrogen-bond donors (Lipinski definition) is 0. The van der Waals surface area contributed by atoms with Crippen molar-refractivity contribution in [1.82, 2.24) is 0 Å². The molecule has 19 heavy (non-hydrogen) atoms. The fraction of sp³-hybridized carbons (Fsp3) is 0.944. The van der Waals surface area contributed by atoms with Gasteiger partial charge >= 0.3 is 0 Å². The number of carbonyl (C=O) groups excluding carboxylic acids is 1. The maximum Gasteiger partial charge on any atom is 0.135 e. The molecule has 0 heterocycles. The largest absolute Gasteiger partial charge is 0.299 e. The predicted molar refractivity (Wildman–Crippen MR) is 83.4 cm³/mol. The minimum atomic E-state index is -0.0276. The minimum Gasteiger partial charge on any atom is -0.299 e. The zero-order valence-electron chi connectivity index (χ0n) is 13.3. The van der Waals surface area contributed by atoms with Crippen LogP contribution in [0.3, 0.4) is 0 Å². The molecule has 1 rings (SSSR count). The summed E-state index contributed by atoms with van der Waals surface area (Å²) in [5.41, 5.74) is -0.0276. The van der Waals surface area contributed by atoms with Crippen LogP contribution >= 0.6 is 0 Å². The van der Waals surface area contributed by atoms with Crippen molar-refractivity contribution < 1.29 is 4.79 Å². The number of ketones is 1. The zero-order chi connectivity index (χ0) is 14.0. The first-order valence-corrected chi connectivity index (χ1v) is 8.66. The van der Waals surface area contributed by atoms with Crippen LogP contribution in [-0.2, 0) is 4.79 Å². The van der Waals surface area contributed by atoms with E-state index in [0.29, 0.717) is 5.78 Å². The molecule has 0 bridgehead atoms. The topological polar surface area (TPSA) is 17.1 Å². The molecule has 0 saturated heterocycles. The molecule has 1 aliphatic rings. The van der Waals surface area contributed by atoms with E-state index in [0.717, 1.165) is 12.8 Å². The standard InChI is InChI=1S/C18H34O/c1-17(19)18(2)15-13-11-9-7-5-3-4-6-8-10-12-14-16-18/h3-16H2,1-2H3. The molecular formula is C18H34O. The highest BCUT2D eigenvalue weighted by atomic mass is 16.1. The normalized spacial score (nSPS) is 24.1. The predicted octanol–water partition coefficient (Wildman–Crippen LogP) is 6.06. The lowest BCUT2D eigenvalue weighted by Gasteiger charge is -2.26. The Morgan fingerprint density at radius 2 is 0.895 bits per heavy atom. The van der Waals surface area contributed by atoms with Crippen molar-refractivity contribution in [3.8, 4) is 0 Å². The monoisotopic (exact) mass is 266 g/mol. The lowest BCUT2D eigenvalue weighted by molar-refractivity contribution is -0.126. The van der Waals surface area contributed by atoms with Crippen LogP contribution in [0.15, 0.2) is 0 Å². The quantitative estimate of drug-likeness (QED) is 0.564. The van der Waals surface area contributed by atoms with Crippen molar-refractivity contribution in [2.45, 2.75) is 104 Å². The van der Waals surface area contributed by atoms with E-state index >= 15 is 0 Å². The number of rotatable bonds is 1. The first-order chi connectivity index (χ1) is 9.15. The molecule has 1 nitrogen and oxygen atoms in total. The Hall–Kier alpha value is -0.330. The van der Waals surface area contributed by atoms with E-state index in [2.05, 4.69) is 6.92 Å². The molecular weight excluding hydrogens is 232 g/mol. The fourth-order valence-electron chi connectivity index (χ4n) is 3.28. The smallest absolute Gasteiger partial charge is 0.135 e. The second-order valence-corrected chi connectivity index (χ2v) is 6.86. The highest BCUT2D eigenvalue weighted by Gasteiger charge is 2.28. The average molecular weight is 266 g/mol. The summed E-state index contributed by atoms with van der Waals surface area (Å²) in [6.45, 7) is 4.00. The molecule has 1 fully saturated rings. The van der Waals surface area contributed by atoms with Crippen molar-refractivity contribution in [2.24, 2.45) is 5.41 Å². The minimum absolute atomic E-state index is 0.0276. The highest BCUT2D eigenvalue weighted by Crippen LogP contribution is 2.32. The SMILES string of the molecule is CC(=O)C1(C)CCCCCCCCCCCCCC1. The van der Waals surface area contributed by atoms with Gasteiger partial charge in [0.1, 0.15) is 5.78 Å². The first kappa shape index (κ1) is 16.7. The van der Waals surface area contributed by atoms with E-state index in [9.17, 15) is 4.79 Å². The van der Waals surface area contributed by atoms with E-state index in [1.807, 2.05) is 0 Å². The molecule has 0 radical (unpaired) electrons. The summed E-state index contributed by atoms with van der Waals surface area (Å²) in [4.78, 5) is 11.9. The lowest BCUT2D eigenvalue weighted by atomic mass is 9.77. The Balaban J connectivity index is 2.40. The molecule has 0 aliphatic heterocycles. The van der Waals surface area contributed by atoms with Crippen LogP contribution in [0.1, 0.15) is 104 Å². The van der Waals surface area contributed by atoms with Crippen LogP contribution in [0.2, 0.25) is 0 Å². The van der Waals surface area contributed by atoms with Crippen molar-refractivity contribution >= 4 is 5.78 Å². The van der Waals surface area contributed by atoms with E-state index in [-0.39, 0.29) is 5.41 Å². The van der Waals surface area contributed by atoms with Gasteiger partial charge in [-0.3, -0.25) is 4.79 Å². The van der Waals surface area contributed by atoms with E-state index in [1.165, 1.54) is 77.0 Å². The molecule has 0 spiro atoms. The third kappa shape index (κ3) is 7.13. The summed E-state index contributed by atoms with van der Waals surface area (Å²) < 4.78 is 0. The summed E-state index contributed by atoms with van der Waals surface area (Å²) >= 11 is 0. The second-order valence-electron chi connectivity index (χ2n) is 6.86. The third-order valence-corrected chi connectivity index (χ3v) is 5.06. The van der Waals surface area contributed by atoms with E-state index < -0.39 is 0 Å². The molecule has 0 N–H and O–H groups in total. The number of Topliss-reactive ketones (excluding diaryl/α,β-unsaturated/α-hetero) is 1. The Labute approximate surface area is 120 Å². The van der Waals surface area contributed by atoms with Gasteiger partial charge < -0.3 is 0 Å². The van der Waals surface area contributed by atoms with Gasteiger partial charge in [-0.05, 0) is 19.8 Å². The molecule has 1 aliphatic carbocycles. The van der Waals surface area contributed by atoms with Crippen molar-refractivity contribution in [2.75, 3.05) is 0 Å². The summed E-state index contributed by atoms with van der Waals surface area (Å²) in [6.07, 6.45) is 18.6. The zero-order valence-corrected chi connectivity index (χ0v) is 13.3. The molecule has 0 aromatic rings. The third-order valence-electron chi connectivity index (χ3n) is 5.06. The van der Waals surface area contributed by atoms with Gasteiger partial charge in [0, 0.05) is 5.41 Å². The van der Waals surface area contributed by atoms with Gasteiger partial charge in [-0.25, -0.2) is 0 Å². The average Bonchev–Trinajstić information content (AvgIpc) is 2.39. The van der Waals surface area contributed by atoms with Gasteiger partial charge in [0.15, 0.2) is 0 Å². The molecule has 0 atom stereocenters. The van der Waals surface area contributed by atoms with Crippen molar-refractivity contribution in [3.05, 3.63) is 0 Å². The van der Waals surface area contributed by atoms with Gasteiger partial charge in [-0.2, -0.15) is 0 Å². The Kier molecular flexibility index (Phi) is 8.41. The molecule has 112 valence electrons. The van der Waals surface area contributed by atoms with Crippen LogP contribution in [0.5, 0.6) is 0 Å². The van der Waals surface area contributed by atoms with Crippen LogP contribution in [0, 0.1) is 5.41 Å². The summed E-state index contributed by atoms with van der Waals surface area (Å²) in [6, 6.07) is 0. The van der Waals surface area contributed by atoms with Crippen LogP contribution < -0.4 is 0 Å². The Bertz CT molecular complexity index is 228. The summed E-state index contributed by atoms with van der Waals surface area (Å²) in [5, 5.41) is 0. The fourth-order valence-corrected chi connectivity index (χ4v) is 3.28.